The van der Waals surface area contributed by atoms with Gasteiger partial charge >= 0.3 is 0 Å². The van der Waals surface area contributed by atoms with Crippen LogP contribution in [-0.4, -0.2) is 11.8 Å². The number of nitrogens with one attached hydrogen (secondary N) is 2. The number of amides is 2. The van der Waals surface area contributed by atoms with E-state index < -0.39 is 17.6 Å². The highest BCUT2D eigenvalue weighted by Crippen LogP contribution is 2.11. The van der Waals surface area contributed by atoms with Crippen LogP contribution in [0.15, 0.2) is 54.2 Å². The maximum Gasteiger partial charge on any atom is 0.281 e. The van der Waals surface area contributed by atoms with Gasteiger partial charge in [-0.1, -0.05) is 35.9 Å². The fourth-order valence-corrected chi connectivity index (χ4v) is 1.88. The van der Waals surface area contributed by atoms with Gasteiger partial charge in [-0.2, -0.15) is 0 Å². The number of halogens is 1. The summed E-state index contributed by atoms with van der Waals surface area (Å²) in [5, 5.41) is 2.44. The van der Waals surface area contributed by atoms with Crippen LogP contribution in [0.1, 0.15) is 21.5 Å². The molecule has 0 heterocycles. The van der Waals surface area contributed by atoms with Gasteiger partial charge in [0.1, 0.15) is 11.5 Å². The Morgan fingerprint density at radius 2 is 1.74 bits per heavy atom. The highest BCUT2D eigenvalue weighted by atomic mass is 19.1. The lowest BCUT2D eigenvalue weighted by atomic mass is 10.1. The molecule has 118 valence electrons. The normalized spacial score (nSPS) is 11.0. The van der Waals surface area contributed by atoms with Crippen molar-refractivity contribution >= 4 is 17.9 Å². The van der Waals surface area contributed by atoms with Crippen molar-refractivity contribution in [2.24, 2.45) is 5.84 Å². The monoisotopic (exact) mass is 313 g/mol. The summed E-state index contributed by atoms with van der Waals surface area (Å²) >= 11 is 0. The first-order valence-electron chi connectivity index (χ1n) is 6.86. The van der Waals surface area contributed by atoms with Crippen molar-refractivity contribution < 1.29 is 14.0 Å². The molecule has 4 N–H and O–H groups in total. The van der Waals surface area contributed by atoms with E-state index in [0.717, 1.165) is 5.56 Å². The molecule has 0 spiro atoms. The smallest absolute Gasteiger partial charge is 0.281 e. The van der Waals surface area contributed by atoms with Crippen LogP contribution < -0.4 is 16.6 Å². The van der Waals surface area contributed by atoms with Gasteiger partial charge in [0, 0.05) is 11.1 Å². The summed E-state index contributed by atoms with van der Waals surface area (Å²) in [5.74, 6) is 3.38. The van der Waals surface area contributed by atoms with Gasteiger partial charge in [-0.15, -0.1) is 0 Å². The van der Waals surface area contributed by atoms with E-state index in [1.165, 1.54) is 24.3 Å². The van der Waals surface area contributed by atoms with Crippen LogP contribution >= 0.6 is 0 Å². The summed E-state index contributed by atoms with van der Waals surface area (Å²) in [6.07, 6.45) is 1.23. The Morgan fingerprint density at radius 1 is 1.09 bits per heavy atom. The third kappa shape index (κ3) is 4.24. The van der Waals surface area contributed by atoms with Gasteiger partial charge in [0.15, 0.2) is 0 Å². The quantitative estimate of drug-likeness (QED) is 0.349. The van der Waals surface area contributed by atoms with E-state index in [-0.39, 0.29) is 11.3 Å². The molecule has 0 bridgehead atoms. The molecule has 0 aromatic heterocycles. The minimum absolute atomic E-state index is 0.150. The number of aryl methyl sites for hydroxylation is 1. The minimum atomic E-state index is -0.728. The Morgan fingerprint density at radius 3 is 2.35 bits per heavy atom. The first kappa shape index (κ1) is 16.4. The van der Waals surface area contributed by atoms with Crippen LogP contribution in [0.3, 0.4) is 0 Å². The summed E-state index contributed by atoms with van der Waals surface area (Å²) in [4.78, 5) is 24.0. The Hall–Kier alpha value is -2.99. The molecule has 0 saturated carbocycles. The number of hydrogen-bond donors (Lipinski definition) is 3. The van der Waals surface area contributed by atoms with Gasteiger partial charge in [-0.05, 0) is 31.2 Å². The zero-order chi connectivity index (χ0) is 16.8. The van der Waals surface area contributed by atoms with Gasteiger partial charge in [0.2, 0.25) is 0 Å². The summed E-state index contributed by atoms with van der Waals surface area (Å²) in [6.45, 7) is 1.90. The predicted octanol–water partition coefficient (Wildman–Crippen LogP) is 1.89. The minimum Gasteiger partial charge on any atom is -0.317 e. The van der Waals surface area contributed by atoms with Crippen molar-refractivity contribution in [3.05, 3.63) is 76.7 Å². The Labute approximate surface area is 133 Å². The van der Waals surface area contributed by atoms with Crippen LogP contribution in [0.4, 0.5) is 4.39 Å². The number of hydrogen-bond acceptors (Lipinski definition) is 3. The first-order chi connectivity index (χ1) is 11.0. The average molecular weight is 313 g/mol. The van der Waals surface area contributed by atoms with E-state index in [9.17, 15) is 14.0 Å². The molecule has 2 aromatic carbocycles. The number of carbonyl (C=O) groups is 2. The van der Waals surface area contributed by atoms with Gasteiger partial charge in [0.25, 0.3) is 11.8 Å². The summed E-state index contributed by atoms with van der Waals surface area (Å²) < 4.78 is 13.7. The van der Waals surface area contributed by atoms with Gasteiger partial charge in [0.05, 0.1) is 0 Å². The Bertz CT molecular complexity index is 755. The van der Waals surface area contributed by atoms with Gasteiger partial charge in [-0.25, -0.2) is 10.2 Å². The summed E-state index contributed by atoms with van der Waals surface area (Å²) in [7, 11) is 0. The van der Waals surface area contributed by atoms with Gasteiger partial charge in [-0.3, -0.25) is 15.0 Å². The molecule has 0 aliphatic rings. The fourth-order valence-electron chi connectivity index (χ4n) is 1.88. The van der Waals surface area contributed by atoms with Crippen molar-refractivity contribution in [3.8, 4) is 0 Å². The second-order valence-electron chi connectivity index (χ2n) is 4.87. The number of hydrazine groups is 1. The van der Waals surface area contributed by atoms with E-state index in [2.05, 4.69) is 5.32 Å². The topological polar surface area (TPSA) is 84.2 Å². The van der Waals surface area contributed by atoms with Crippen molar-refractivity contribution in [2.75, 3.05) is 0 Å². The van der Waals surface area contributed by atoms with Crippen molar-refractivity contribution in [1.82, 2.24) is 10.7 Å². The van der Waals surface area contributed by atoms with Crippen molar-refractivity contribution in [2.45, 2.75) is 6.92 Å². The molecule has 0 aliphatic carbocycles. The highest BCUT2D eigenvalue weighted by molar-refractivity contribution is 6.05. The second kappa shape index (κ2) is 7.33. The van der Waals surface area contributed by atoms with Crippen molar-refractivity contribution in [1.29, 1.82) is 0 Å². The van der Waals surface area contributed by atoms with E-state index in [0.29, 0.717) is 5.56 Å². The van der Waals surface area contributed by atoms with E-state index in [1.54, 1.807) is 30.3 Å². The molecule has 23 heavy (non-hydrogen) atoms. The zero-order valence-electron chi connectivity index (χ0n) is 12.5. The predicted molar refractivity (Wildman–Crippen MR) is 85.4 cm³/mol. The second-order valence-corrected chi connectivity index (χ2v) is 4.87. The molecule has 5 nitrogen and oxygen atoms in total. The molecule has 0 saturated heterocycles. The van der Waals surface area contributed by atoms with Crippen LogP contribution in [0.25, 0.3) is 6.08 Å². The van der Waals surface area contributed by atoms with E-state index in [1.807, 2.05) is 12.3 Å². The first-order valence-corrected chi connectivity index (χ1v) is 6.86. The van der Waals surface area contributed by atoms with Crippen LogP contribution in [-0.2, 0) is 4.79 Å². The lowest BCUT2D eigenvalue weighted by Crippen LogP contribution is -2.38. The van der Waals surface area contributed by atoms with Crippen LogP contribution in [0, 0.1) is 12.7 Å². The third-order valence-electron chi connectivity index (χ3n) is 3.14. The molecule has 2 amide bonds. The lowest BCUT2D eigenvalue weighted by molar-refractivity contribution is -0.117. The molecule has 0 fully saturated rings. The maximum absolute atomic E-state index is 13.7. The Balaban J connectivity index is 2.29. The number of rotatable bonds is 4. The molecule has 0 radical (unpaired) electrons. The molecule has 0 aliphatic heterocycles. The number of benzene rings is 2. The molecule has 2 rings (SSSR count). The summed E-state index contributed by atoms with van der Waals surface area (Å²) in [5.41, 5.74) is 3.32. The number of nitrogens with two attached hydrogens (primary N) is 1. The molecule has 6 heteroatoms. The fraction of sp³-hybridized carbons (Fsp3) is 0.0588. The Kier molecular flexibility index (Phi) is 5.22. The summed E-state index contributed by atoms with van der Waals surface area (Å²) in [6, 6.07) is 12.7. The van der Waals surface area contributed by atoms with E-state index in [4.69, 9.17) is 5.84 Å². The molecular weight excluding hydrogens is 297 g/mol. The third-order valence-corrected chi connectivity index (χ3v) is 3.14. The molecule has 2 aromatic rings. The van der Waals surface area contributed by atoms with Crippen LogP contribution in [0.2, 0.25) is 0 Å². The molecule has 0 atom stereocenters. The van der Waals surface area contributed by atoms with Crippen LogP contribution in [0.5, 0.6) is 0 Å². The number of carbonyl (C=O) groups excluding carboxylic acids is 2. The van der Waals surface area contributed by atoms with E-state index >= 15 is 0 Å². The van der Waals surface area contributed by atoms with Crippen molar-refractivity contribution in [3.63, 3.8) is 0 Å². The molecular formula is C17H16FN3O2. The maximum atomic E-state index is 13.7. The zero-order valence-corrected chi connectivity index (χ0v) is 12.5. The standard InChI is InChI=1S/C17H16FN3O2/c1-11-6-8-12(9-7-11)16(22)20-15(17(23)21-19)10-13-4-2-3-5-14(13)18/h2-10H,19H2,1H3,(H,20,22)(H,21,23). The molecule has 0 unspecified atom stereocenters. The SMILES string of the molecule is Cc1ccc(C(=O)NC(=Cc2ccccc2F)C(=O)NN)cc1. The largest absolute Gasteiger partial charge is 0.317 e. The highest BCUT2D eigenvalue weighted by Gasteiger charge is 2.14. The van der Waals surface area contributed by atoms with Gasteiger partial charge < -0.3 is 5.32 Å². The lowest BCUT2D eigenvalue weighted by Gasteiger charge is -2.09. The average Bonchev–Trinajstić information content (AvgIpc) is 2.56.